The van der Waals surface area contributed by atoms with Gasteiger partial charge < -0.3 is 14.8 Å². The van der Waals surface area contributed by atoms with Crippen molar-refractivity contribution in [2.45, 2.75) is 6.92 Å². The van der Waals surface area contributed by atoms with Crippen LogP contribution in [0.25, 0.3) is 0 Å². The summed E-state index contributed by atoms with van der Waals surface area (Å²) in [5, 5.41) is 2.85. The highest BCUT2D eigenvalue weighted by Gasteiger charge is 2.10. The molecule has 2 aromatic carbocycles. The molecule has 0 bridgehead atoms. The van der Waals surface area contributed by atoms with Crippen molar-refractivity contribution in [2.75, 3.05) is 19.5 Å². The third kappa shape index (κ3) is 3.76. The molecule has 21 heavy (non-hydrogen) atoms. The van der Waals surface area contributed by atoms with E-state index in [9.17, 15) is 4.79 Å². The van der Waals surface area contributed by atoms with Crippen molar-refractivity contribution in [2.24, 2.45) is 0 Å². The summed E-state index contributed by atoms with van der Waals surface area (Å²) in [7, 11) is 3.10. The number of rotatable bonds is 4. The van der Waals surface area contributed by atoms with Gasteiger partial charge in [0.15, 0.2) is 0 Å². The van der Waals surface area contributed by atoms with Gasteiger partial charge in [-0.2, -0.15) is 0 Å². The van der Waals surface area contributed by atoms with Gasteiger partial charge in [-0.25, -0.2) is 0 Å². The first-order valence-electron chi connectivity index (χ1n) is 6.34. The zero-order valence-corrected chi connectivity index (χ0v) is 13.7. The largest absolute Gasteiger partial charge is 0.497 e. The lowest BCUT2D eigenvalue weighted by atomic mass is 10.1. The van der Waals surface area contributed by atoms with Gasteiger partial charge in [0.25, 0.3) is 5.91 Å². The normalized spacial score (nSPS) is 10.1. The maximum Gasteiger partial charge on any atom is 0.255 e. The van der Waals surface area contributed by atoms with Crippen LogP contribution in [0.2, 0.25) is 0 Å². The Balaban J connectivity index is 2.25. The molecule has 0 atom stereocenters. The van der Waals surface area contributed by atoms with Gasteiger partial charge in [-0.3, -0.25) is 4.79 Å². The van der Waals surface area contributed by atoms with Crippen molar-refractivity contribution in [3.8, 4) is 11.5 Å². The van der Waals surface area contributed by atoms with Crippen LogP contribution in [0, 0.1) is 6.92 Å². The van der Waals surface area contributed by atoms with Crippen LogP contribution in [0.5, 0.6) is 11.5 Å². The highest BCUT2D eigenvalue weighted by atomic mass is 79.9. The van der Waals surface area contributed by atoms with Crippen LogP contribution >= 0.6 is 15.9 Å². The first-order chi connectivity index (χ1) is 10.0. The molecule has 2 aromatic rings. The van der Waals surface area contributed by atoms with Crippen LogP contribution in [0.3, 0.4) is 0 Å². The van der Waals surface area contributed by atoms with Crippen LogP contribution in [0.4, 0.5) is 5.69 Å². The third-order valence-corrected chi connectivity index (χ3v) is 3.90. The second-order valence-corrected chi connectivity index (χ2v) is 5.37. The van der Waals surface area contributed by atoms with E-state index in [-0.39, 0.29) is 5.91 Å². The molecule has 0 radical (unpaired) electrons. The molecule has 0 aliphatic heterocycles. The lowest BCUT2D eigenvalue weighted by molar-refractivity contribution is 0.102. The molecule has 2 rings (SSSR count). The van der Waals surface area contributed by atoms with E-state index in [1.807, 2.05) is 25.1 Å². The van der Waals surface area contributed by atoms with E-state index < -0.39 is 0 Å². The Morgan fingerprint density at radius 1 is 1.05 bits per heavy atom. The van der Waals surface area contributed by atoms with Crippen LogP contribution in [-0.4, -0.2) is 20.1 Å². The second kappa shape index (κ2) is 6.63. The summed E-state index contributed by atoms with van der Waals surface area (Å²) < 4.78 is 11.3. The summed E-state index contributed by atoms with van der Waals surface area (Å²) in [6.07, 6.45) is 0. The number of ether oxygens (including phenoxy) is 2. The van der Waals surface area contributed by atoms with Gasteiger partial charge in [0.1, 0.15) is 11.5 Å². The fraction of sp³-hybridized carbons (Fsp3) is 0.188. The molecule has 1 amide bonds. The first-order valence-corrected chi connectivity index (χ1v) is 7.13. The first kappa shape index (κ1) is 15.4. The Bertz CT molecular complexity index is 648. The lowest BCUT2D eigenvalue weighted by Crippen LogP contribution is -2.12. The number of anilines is 1. The molecular formula is C16H16BrNO3. The van der Waals surface area contributed by atoms with Gasteiger partial charge in [-0.1, -0.05) is 22.0 Å². The van der Waals surface area contributed by atoms with Crippen molar-refractivity contribution in [1.29, 1.82) is 0 Å². The van der Waals surface area contributed by atoms with Crippen molar-refractivity contribution >= 4 is 27.5 Å². The SMILES string of the molecule is COc1cc(OC)cc(C(=O)Nc2ccc(C)c(Br)c2)c1. The molecule has 0 fully saturated rings. The Hall–Kier alpha value is -2.01. The van der Waals surface area contributed by atoms with Gasteiger partial charge in [0, 0.05) is 21.8 Å². The number of halogens is 1. The van der Waals surface area contributed by atoms with Gasteiger partial charge in [-0.15, -0.1) is 0 Å². The summed E-state index contributed by atoms with van der Waals surface area (Å²) in [5.41, 5.74) is 2.30. The van der Waals surface area contributed by atoms with Crippen LogP contribution in [0.1, 0.15) is 15.9 Å². The van der Waals surface area contributed by atoms with Crippen LogP contribution in [-0.2, 0) is 0 Å². The predicted molar refractivity (Wildman–Crippen MR) is 86.4 cm³/mol. The van der Waals surface area contributed by atoms with Gasteiger partial charge in [0.2, 0.25) is 0 Å². The Kier molecular flexibility index (Phi) is 4.85. The number of hydrogen-bond donors (Lipinski definition) is 1. The molecule has 110 valence electrons. The van der Waals surface area contributed by atoms with E-state index in [2.05, 4.69) is 21.2 Å². The average Bonchev–Trinajstić information content (AvgIpc) is 2.50. The summed E-state index contributed by atoms with van der Waals surface area (Å²) in [6.45, 7) is 1.99. The maximum atomic E-state index is 12.3. The molecule has 0 aliphatic rings. The second-order valence-electron chi connectivity index (χ2n) is 4.52. The van der Waals surface area contributed by atoms with Gasteiger partial charge in [-0.05, 0) is 36.8 Å². The number of methoxy groups -OCH3 is 2. The predicted octanol–water partition coefficient (Wildman–Crippen LogP) is 4.03. The van der Waals surface area contributed by atoms with Crippen molar-refractivity contribution in [3.05, 3.63) is 52.0 Å². The van der Waals surface area contributed by atoms with Crippen molar-refractivity contribution in [1.82, 2.24) is 0 Å². The number of hydrogen-bond acceptors (Lipinski definition) is 3. The molecule has 0 spiro atoms. The highest BCUT2D eigenvalue weighted by Crippen LogP contribution is 2.24. The van der Waals surface area contributed by atoms with Crippen molar-refractivity contribution < 1.29 is 14.3 Å². The molecule has 0 unspecified atom stereocenters. The Labute approximate surface area is 132 Å². The van der Waals surface area contributed by atoms with E-state index in [1.165, 1.54) is 0 Å². The zero-order chi connectivity index (χ0) is 15.4. The average molecular weight is 350 g/mol. The van der Waals surface area contributed by atoms with Crippen LogP contribution < -0.4 is 14.8 Å². The van der Waals surface area contributed by atoms with Crippen molar-refractivity contribution in [3.63, 3.8) is 0 Å². The molecule has 0 saturated carbocycles. The molecule has 1 N–H and O–H groups in total. The van der Waals surface area contributed by atoms with E-state index in [0.29, 0.717) is 17.1 Å². The van der Waals surface area contributed by atoms with Gasteiger partial charge >= 0.3 is 0 Å². The summed E-state index contributed by atoms with van der Waals surface area (Å²) >= 11 is 3.45. The van der Waals surface area contributed by atoms with E-state index in [1.54, 1.807) is 32.4 Å². The minimum Gasteiger partial charge on any atom is -0.497 e. The molecule has 0 aliphatic carbocycles. The topological polar surface area (TPSA) is 47.6 Å². The number of aryl methyl sites for hydroxylation is 1. The molecule has 0 heterocycles. The number of nitrogens with one attached hydrogen (secondary N) is 1. The molecule has 0 aromatic heterocycles. The standard InChI is InChI=1S/C16H16BrNO3/c1-10-4-5-12(8-15(10)17)18-16(19)11-6-13(20-2)9-14(7-11)21-3/h4-9H,1-3H3,(H,18,19). The fourth-order valence-electron chi connectivity index (χ4n) is 1.81. The Morgan fingerprint density at radius 2 is 1.67 bits per heavy atom. The van der Waals surface area contributed by atoms with E-state index in [0.717, 1.165) is 15.7 Å². The third-order valence-electron chi connectivity index (χ3n) is 3.04. The van der Waals surface area contributed by atoms with E-state index >= 15 is 0 Å². The monoisotopic (exact) mass is 349 g/mol. The number of amides is 1. The smallest absolute Gasteiger partial charge is 0.255 e. The molecular weight excluding hydrogens is 334 g/mol. The quantitative estimate of drug-likeness (QED) is 0.906. The minimum atomic E-state index is -0.219. The molecule has 4 nitrogen and oxygen atoms in total. The zero-order valence-electron chi connectivity index (χ0n) is 12.1. The number of carbonyl (C=O) groups excluding carboxylic acids is 1. The lowest BCUT2D eigenvalue weighted by Gasteiger charge is -2.10. The molecule has 5 heteroatoms. The summed E-state index contributed by atoms with van der Waals surface area (Å²) in [4.78, 5) is 12.3. The fourth-order valence-corrected chi connectivity index (χ4v) is 2.19. The number of carbonyl (C=O) groups is 1. The maximum absolute atomic E-state index is 12.3. The highest BCUT2D eigenvalue weighted by molar-refractivity contribution is 9.10. The number of benzene rings is 2. The van der Waals surface area contributed by atoms with Crippen LogP contribution in [0.15, 0.2) is 40.9 Å². The summed E-state index contributed by atoms with van der Waals surface area (Å²) in [6, 6.07) is 10.7. The minimum absolute atomic E-state index is 0.219. The van der Waals surface area contributed by atoms with E-state index in [4.69, 9.17) is 9.47 Å². The van der Waals surface area contributed by atoms with Gasteiger partial charge in [0.05, 0.1) is 14.2 Å². The summed E-state index contributed by atoms with van der Waals surface area (Å²) in [5.74, 6) is 0.928. The Morgan fingerprint density at radius 3 is 2.19 bits per heavy atom. The molecule has 0 saturated heterocycles.